The topological polar surface area (TPSA) is 66.5 Å². The third kappa shape index (κ3) is 4.84. The summed E-state index contributed by atoms with van der Waals surface area (Å²) >= 11 is 0. The van der Waals surface area contributed by atoms with E-state index in [0.29, 0.717) is 18.9 Å². The average molecular weight is 440 g/mol. The molecule has 0 radical (unpaired) electrons. The van der Waals surface area contributed by atoms with Crippen molar-refractivity contribution in [2.45, 2.75) is 50.0 Å². The minimum atomic E-state index is -3.99. The Bertz CT molecular complexity index is 1020. The zero-order valence-electron chi connectivity index (χ0n) is 16.5. The zero-order chi connectivity index (χ0) is 21.9. The molecule has 0 atom stereocenters. The molecule has 1 fully saturated rings. The Labute approximate surface area is 173 Å². The molecule has 1 aliphatic rings. The highest BCUT2D eigenvalue weighted by atomic mass is 32.2. The van der Waals surface area contributed by atoms with Crippen LogP contribution in [0, 0.1) is 24.4 Å². The van der Waals surface area contributed by atoms with Crippen LogP contribution in [0.1, 0.15) is 37.7 Å². The molecular formula is C21H23F3N2O3S. The van der Waals surface area contributed by atoms with Crippen LogP contribution in [0.15, 0.2) is 41.3 Å². The third-order valence-electron chi connectivity index (χ3n) is 5.22. The summed E-state index contributed by atoms with van der Waals surface area (Å²) < 4.78 is 68.1. The van der Waals surface area contributed by atoms with Gasteiger partial charge >= 0.3 is 0 Å². The van der Waals surface area contributed by atoms with Gasteiger partial charge in [-0.15, -0.1) is 0 Å². The van der Waals surface area contributed by atoms with Crippen molar-refractivity contribution in [3.63, 3.8) is 0 Å². The second-order valence-electron chi connectivity index (χ2n) is 7.43. The number of nitrogens with one attached hydrogen (secondary N) is 1. The summed E-state index contributed by atoms with van der Waals surface area (Å²) in [5.41, 5.74) is 0.347. The maximum atomic E-state index is 13.9. The van der Waals surface area contributed by atoms with Crippen LogP contribution in [0.25, 0.3) is 0 Å². The van der Waals surface area contributed by atoms with Crippen LogP contribution in [-0.2, 0) is 14.8 Å². The first kappa shape index (κ1) is 22.3. The molecule has 2 aromatic carbocycles. The molecule has 0 heterocycles. The van der Waals surface area contributed by atoms with E-state index < -0.39 is 45.6 Å². The molecule has 0 saturated heterocycles. The van der Waals surface area contributed by atoms with E-state index in [1.165, 1.54) is 12.1 Å². The second kappa shape index (κ2) is 9.18. The van der Waals surface area contributed by atoms with Gasteiger partial charge in [0.15, 0.2) is 17.5 Å². The summed E-state index contributed by atoms with van der Waals surface area (Å²) in [7, 11) is -3.99. The van der Waals surface area contributed by atoms with E-state index in [1.54, 1.807) is 12.1 Å². The van der Waals surface area contributed by atoms with Gasteiger partial charge in [-0.3, -0.25) is 4.79 Å². The van der Waals surface area contributed by atoms with Gasteiger partial charge in [0.05, 0.1) is 17.1 Å². The quantitative estimate of drug-likeness (QED) is 0.678. The summed E-state index contributed by atoms with van der Waals surface area (Å²) in [6, 6.07) is 7.51. The van der Waals surface area contributed by atoms with Crippen molar-refractivity contribution < 1.29 is 26.4 Å². The van der Waals surface area contributed by atoms with Gasteiger partial charge in [-0.05, 0) is 44.0 Å². The number of hydrogen-bond acceptors (Lipinski definition) is 3. The SMILES string of the molecule is Cc1ccc(S(=O)(=O)N(CC(=O)Nc2ccc(F)c(F)c2F)C2CCCCC2)cc1. The monoisotopic (exact) mass is 440 g/mol. The van der Waals surface area contributed by atoms with Gasteiger partial charge in [-0.1, -0.05) is 37.0 Å². The molecule has 0 bridgehead atoms. The lowest BCUT2D eigenvalue weighted by Gasteiger charge is -2.33. The van der Waals surface area contributed by atoms with Crippen LogP contribution < -0.4 is 5.32 Å². The summed E-state index contributed by atoms with van der Waals surface area (Å²) in [6.45, 7) is 1.28. The molecule has 0 aromatic heterocycles. The van der Waals surface area contributed by atoms with Crippen molar-refractivity contribution in [1.29, 1.82) is 0 Å². The maximum Gasteiger partial charge on any atom is 0.243 e. The third-order valence-corrected chi connectivity index (χ3v) is 7.13. The number of halogens is 3. The Kier molecular flexibility index (Phi) is 6.82. The number of rotatable bonds is 6. The number of hydrogen-bond donors (Lipinski definition) is 1. The number of benzene rings is 2. The standard InChI is InChI=1S/C21H23F3N2O3S/c1-14-7-9-16(10-8-14)30(28,29)26(15-5-3-2-4-6-15)13-19(27)25-18-12-11-17(22)20(23)21(18)24/h7-12,15H,2-6,13H2,1H3,(H,25,27). The number of anilines is 1. The van der Waals surface area contributed by atoms with E-state index in [4.69, 9.17) is 0 Å². The van der Waals surface area contributed by atoms with Crippen LogP contribution in [0.5, 0.6) is 0 Å². The van der Waals surface area contributed by atoms with Crippen molar-refractivity contribution in [3.05, 3.63) is 59.4 Å². The van der Waals surface area contributed by atoms with E-state index in [0.717, 1.165) is 35.2 Å². The van der Waals surface area contributed by atoms with Gasteiger partial charge in [0.2, 0.25) is 15.9 Å². The second-order valence-corrected chi connectivity index (χ2v) is 9.32. The minimum Gasteiger partial charge on any atom is -0.322 e. The van der Waals surface area contributed by atoms with Crippen LogP contribution in [0.4, 0.5) is 18.9 Å². The van der Waals surface area contributed by atoms with Gasteiger partial charge < -0.3 is 5.32 Å². The normalized spacial score (nSPS) is 15.4. The van der Waals surface area contributed by atoms with Crippen molar-refractivity contribution in [2.75, 3.05) is 11.9 Å². The number of aryl methyl sites for hydroxylation is 1. The van der Waals surface area contributed by atoms with Crippen LogP contribution in [-0.4, -0.2) is 31.2 Å². The predicted molar refractivity (Wildman–Crippen MR) is 107 cm³/mol. The Morgan fingerprint density at radius 1 is 1.00 bits per heavy atom. The predicted octanol–water partition coefficient (Wildman–Crippen LogP) is 4.37. The number of carbonyl (C=O) groups excluding carboxylic acids is 1. The first-order valence-corrected chi connectivity index (χ1v) is 11.2. The maximum absolute atomic E-state index is 13.9. The summed E-state index contributed by atoms with van der Waals surface area (Å²) in [6.07, 6.45) is 3.88. The van der Waals surface area contributed by atoms with E-state index in [9.17, 15) is 26.4 Å². The van der Waals surface area contributed by atoms with E-state index in [-0.39, 0.29) is 10.9 Å². The van der Waals surface area contributed by atoms with Crippen LogP contribution >= 0.6 is 0 Å². The lowest BCUT2D eigenvalue weighted by atomic mass is 9.95. The van der Waals surface area contributed by atoms with Gasteiger partial charge in [-0.25, -0.2) is 21.6 Å². The number of nitrogens with zero attached hydrogens (tertiary/aromatic N) is 1. The highest BCUT2D eigenvalue weighted by Crippen LogP contribution is 2.28. The first-order chi connectivity index (χ1) is 14.2. The summed E-state index contributed by atoms with van der Waals surface area (Å²) in [5.74, 6) is -5.45. The molecule has 1 amide bonds. The van der Waals surface area contributed by atoms with Gasteiger partial charge in [0.1, 0.15) is 0 Å². The molecule has 0 unspecified atom stereocenters. The fraction of sp³-hybridized carbons (Fsp3) is 0.381. The Morgan fingerprint density at radius 2 is 1.63 bits per heavy atom. The zero-order valence-corrected chi connectivity index (χ0v) is 17.3. The molecule has 2 aromatic rings. The minimum absolute atomic E-state index is 0.0606. The van der Waals surface area contributed by atoms with Crippen molar-refractivity contribution in [3.8, 4) is 0 Å². The molecule has 30 heavy (non-hydrogen) atoms. The molecule has 1 saturated carbocycles. The van der Waals surface area contributed by atoms with Crippen molar-refractivity contribution >= 4 is 21.6 Å². The average Bonchev–Trinajstić information content (AvgIpc) is 2.73. The van der Waals surface area contributed by atoms with Crippen molar-refractivity contribution in [2.24, 2.45) is 0 Å². The Morgan fingerprint density at radius 3 is 2.27 bits per heavy atom. The van der Waals surface area contributed by atoms with Crippen molar-refractivity contribution in [1.82, 2.24) is 4.31 Å². The van der Waals surface area contributed by atoms with E-state index in [1.807, 2.05) is 6.92 Å². The molecule has 162 valence electrons. The Balaban J connectivity index is 1.86. The van der Waals surface area contributed by atoms with Gasteiger partial charge in [0, 0.05) is 6.04 Å². The van der Waals surface area contributed by atoms with Gasteiger partial charge in [-0.2, -0.15) is 4.31 Å². The van der Waals surface area contributed by atoms with Crippen LogP contribution in [0.3, 0.4) is 0 Å². The molecule has 0 spiro atoms. The molecule has 0 aliphatic heterocycles. The van der Waals surface area contributed by atoms with E-state index in [2.05, 4.69) is 5.32 Å². The highest BCUT2D eigenvalue weighted by Gasteiger charge is 2.34. The highest BCUT2D eigenvalue weighted by molar-refractivity contribution is 7.89. The number of amides is 1. The Hall–Kier alpha value is -2.39. The number of sulfonamides is 1. The summed E-state index contributed by atoms with van der Waals surface area (Å²) in [4.78, 5) is 12.6. The van der Waals surface area contributed by atoms with E-state index >= 15 is 0 Å². The summed E-state index contributed by atoms with van der Waals surface area (Å²) in [5, 5.41) is 2.15. The fourth-order valence-electron chi connectivity index (χ4n) is 3.58. The van der Waals surface area contributed by atoms with Gasteiger partial charge in [0.25, 0.3) is 0 Å². The fourth-order valence-corrected chi connectivity index (χ4v) is 5.22. The number of carbonyl (C=O) groups is 1. The molecular weight excluding hydrogens is 417 g/mol. The smallest absolute Gasteiger partial charge is 0.243 e. The molecule has 5 nitrogen and oxygen atoms in total. The first-order valence-electron chi connectivity index (χ1n) is 9.72. The van der Waals surface area contributed by atoms with Crippen LogP contribution in [0.2, 0.25) is 0 Å². The lowest BCUT2D eigenvalue weighted by Crippen LogP contribution is -2.45. The lowest BCUT2D eigenvalue weighted by molar-refractivity contribution is -0.116. The largest absolute Gasteiger partial charge is 0.322 e. The molecule has 3 rings (SSSR count). The molecule has 9 heteroatoms. The molecule has 1 N–H and O–H groups in total. The molecule has 1 aliphatic carbocycles.